The zero-order chi connectivity index (χ0) is 32.6. The van der Waals surface area contributed by atoms with Crippen molar-refractivity contribution in [1.29, 1.82) is 0 Å². The van der Waals surface area contributed by atoms with Crippen molar-refractivity contribution in [2.24, 2.45) is 5.92 Å². The van der Waals surface area contributed by atoms with E-state index in [0.717, 1.165) is 29.5 Å². The number of carbonyl (C=O) groups excluding carboxylic acids is 3. The van der Waals surface area contributed by atoms with Crippen LogP contribution in [0.3, 0.4) is 0 Å². The summed E-state index contributed by atoms with van der Waals surface area (Å²) in [5.41, 5.74) is 2.50. The van der Waals surface area contributed by atoms with E-state index in [1.807, 2.05) is 57.2 Å². The number of aryl methyl sites for hydroxylation is 1. The average molecular weight is 618 g/mol. The van der Waals surface area contributed by atoms with Crippen LogP contribution in [0.25, 0.3) is 5.69 Å². The monoisotopic (exact) mass is 617 g/mol. The first-order chi connectivity index (χ1) is 21.3. The topological polar surface area (TPSA) is 96.3 Å². The van der Waals surface area contributed by atoms with Gasteiger partial charge in [0.2, 0.25) is 0 Å². The highest BCUT2D eigenvalue weighted by Crippen LogP contribution is 2.47. The maximum atomic E-state index is 14.4. The zero-order valence-electron chi connectivity index (χ0n) is 25.4. The first-order valence-electron chi connectivity index (χ1n) is 14.6. The zero-order valence-corrected chi connectivity index (χ0v) is 25.4. The Hall–Kier alpha value is -4.93. The molecule has 0 radical (unpaired) electrons. The van der Waals surface area contributed by atoms with Gasteiger partial charge in [0.15, 0.2) is 0 Å². The van der Waals surface area contributed by atoms with Gasteiger partial charge >= 0.3 is 6.18 Å². The molecule has 1 unspecified atom stereocenters. The van der Waals surface area contributed by atoms with Crippen LogP contribution in [0.4, 0.5) is 19.0 Å². The van der Waals surface area contributed by atoms with Crippen LogP contribution in [0.5, 0.6) is 0 Å². The Morgan fingerprint density at radius 2 is 1.82 bits per heavy atom. The first kappa shape index (κ1) is 31.5. The van der Waals surface area contributed by atoms with Crippen molar-refractivity contribution < 1.29 is 27.6 Å². The second-order valence-electron chi connectivity index (χ2n) is 11.3. The van der Waals surface area contributed by atoms with Gasteiger partial charge in [-0.25, -0.2) is 4.68 Å². The lowest BCUT2D eigenvalue weighted by molar-refractivity contribution is -0.137. The molecular formula is C34H34F3N5O3. The Kier molecular flexibility index (Phi) is 8.55. The number of alkyl halides is 3. The number of fused-ring (bicyclic) bond motifs is 1. The number of para-hydroxylation sites is 1. The van der Waals surface area contributed by atoms with E-state index in [4.69, 9.17) is 5.10 Å². The molecule has 3 amide bonds. The van der Waals surface area contributed by atoms with Crippen LogP contribution >= 0.6 is 0 Å². The molecule has 3 aromatic rings. The number of halogens is 3. The van der Waals surface area contributed by atoms with Gasteiger partial charge < -0.3 is 10.6 Å². The van der Waals surface area contributed by atoms with Crippen LogP contribution in [-0.2, 0) is 15.8 Å². The molecule has 0 bridgehead atoms. The fraction of sp³-hybridized carbons (Fsp3) is 0.294. The van der Waals surface area contributed by atoms with Gasteiger partial charge in [0.1, 0.15) is 11.9 Å². The maximum absolute atomic E-state index is 14.4. The minimum Gasteiger partial charge on any atom is -0.339 e. The predicted octanol–water partition coefficient (Wildman–Crippen LogP) is 5.99. The van der Waals surface area contributed by atoms with E-state index >= 15 is 0 Å². The lowest BCUT2D eigenvalue weighted by Crippen LogP contribution is -2.56. The summed E-state index contributed by atoms with van der Waals surface area (Å²) in [5.74, 6) is -1.89. The third-order valence-electron chi connectivity index (χ3n) is 8.16. The Balaban J connectivity index is 1.67. The van der Waals surface area contributed by atoms with Gasteiger partial charge in [0.25, 0.3) is 17.7 Å². The molecule has 2 aliphatic rings. The number of anilines is 1. The van der Waals surface area contributed by atoms with Crippen LogP contribution in [-0.4, -0.2) is 40.1 Å². The van der Waals surface area contributed by atoms with Crippen LogP contribution in [0.1, 0.15) is 60.3 Å². The first-order valence-corrected chi connectivity index (χ1v) is 14.6. The normalized spacial score (nSPS) is 19.8. The number of benzene rings is 2. The smallest absolute Gasteiger partial charge is 0.339 e. The summed E-state index contributed by atoms with van der Waals surface area (Å²) in [6.45, 7) is 11.2. The molecule has 2 heterocycles. The molecule has 2 aromatic carbocycles. The van der Waals surface area contributed by atoms with E-state index < -0.39 is 35.5 Å². The Labute approximate surface area is 259 Å². The molecule has 5 rings (SSSR count). The second kappa shape index (κ2) is 12.2. The number of nitrogens with zero attached hydrogens (tertiary/aromatic N) is 3. The largest absolute Gasteiger partial charge is 0.416 e. The molecule has 0 fully saturated rings. The minimum absolute atomic E-state index is 0.109. The van der Waals surface area contributed by atoms with E-state index in [-0.39, 0.29) is 23.9 Å². The summed E-state index contributed by atoms with van der Waals surface area (Å²) in [5, 5.41) is 10.5. The van der Waals surface area contributed by atoms with Crippen molar-refractivity contribution in [3.8, 4) is 5.69 Å². The third kappa shape index (κ3) is 6.07. The molecule has 2 N–H and O–H groups in total. The third-order valence-corrected chi connectivity index (χ3v) is 8.16. The maximum Gasteiger partial charge on any atom is 0.416 e. The summed E-state index contributed by atoms with van der Waals surface area (Å²) >= 11 is 0. The summed E-state index contributed by atoms with van der Waals surface area (Å²) in [6.07, 6.45) is -0.415. The average Bonchev–Trinajstić information content (AvgIpc) is 3.35. The Morgan fingerprint density at radius 3 is 2.47 bits per heavy atom. The fourth-order valence-corrected chi connectivity index (χ4v) is 5.89. The number of rotatable bonds is 7. The lowest BCUT2D eigenvalue weighted by Gasteiger charge is -2.41. The number of hydrogen-bond donors (Lipinski definition) is 2. The molecule has 1 aromatic heterocycles. The number of allylic oxidation sites excluding steroid dienone is 2. The Morgan fingerprint density at radius 1 is 1.11 bits per heavy atom. The van der Waals surface area contributed by atoms with Crippen LogP contribution in [0, 0.1) is 12.8 Å². The summed E-state index contributed by atoms with van der Waals surface area (Å²) < 4.78 is 42.1. The van der Waals surface area contributed by atoms with E-state index in [9.17, 15) is 27.6 Å². The van der Waals surface area contributed by atoms with Gasteiger partial charge in [-0.2, -0.15) is 18.3 Å². The molecule has 234 valence electrons. The number of amides is 3. The van der Waals surface area contributed by atoms with Crippen molar-refractivity contribution in [3.05, 3.63) is 113 Å². The lowest BCUT2D eigenvalue weighted by atomic mass is 9.73. The fourth-order valence-electron chi connectivity index (χ4n) is 5.89. The minimum atomic E-state index is -4.64. The summed E-state index contributed by atoms with van der Waals surface area (Å²) in [6, 6.07) is 12.3. The highest BCUT2D eigenvalue weighted by atomic mass is 19.4. The van der Waals surface area contributed by atoms with Crippen molar-refractivity contribution in [2.75, 3.05) is 11.4 Å². The summed E-state index contributed by atoms with van der Waals surface area (Å²) in [4.78, 5) is 42.0. The SMILES string of the molecule is C=C(C)C(=O)NC1=CCC(C)C([C@H]2c3c(C)nn(-c4ccccc4)c3N(CC)C(=O)[C@H]2NC(=O)c2cccc(C(F)(F)F)c2)=C1. The van der Waals surface area contributed by atoms with Crippen molar-refractivity contribution >= 4 is 23.5 Å². The van der Waals surface area contributed by atoms with Crippen molar-refractivity contribution in [1.82, 2.24) is 20.4 Å². The predicted molar refractivity (Wildman–Crippen MR) is 165 cm³/mol. The quantitative estimate of drug-likeness (QED) is 0.319. The molecule has 3 atom stereocenters. The highest BCUT2D eigenvalue weighted by Gasteiger charge is 2.47. The molecule has 1 aliphatic heterocycles. The highest BCUT2D eigenvalue weighted by molar-refractivity contribution is 6.05. The van der Waals surface area contributed by atoms with Crippen molar-refractivity contribution in [3.63, 3.8) is 0 Å². The number of hydrogen-bond acceptors (Lipinski definition) is 4. The molecule has 8 nitrogen and oxygen atoms in total. The number of carbonyl (C=O) groups is 3. The van der Waals surface area contributed by atoms with Crippen LogP contribution in [0.15, 0.2) is 90.2 Å². The van der Waals surface area contributed by atoms with Gasteiger partial charge in [-0.15, -0.1) is 0 Å². The molecule has 0 saturated carbocycles. The van der Waals surface area contributed by atoms with E-state index in [2.05, 4.69) is 17.2 Å². The second-order valence-corrected chi connectivity index (χ2v) is 11.3. The molecule has 0 saturated heterocycles. The Bertz CT molecular complexity index is 1740. The van der Waals surface area contributed by atoms with E-state index in [0.29, 0.717) is 34.8 Å². The molecule has 11 heteroatoms. The van der Waals surface area contributed by atoms with Crippen LogP contribution < -0.4 is 15.5 Å². The van der Waals surface area contributed by atoms with Gasteiger partial charge in [-0.1, -0.05) is 49.4 Å². The molecule has 45 heavy (non-hydrogen) atoms. The molecular weight excluding hydrogens is 583 g/mol. The van der Waals surface area contributed by atoms with Gasteiger partial charge in [-0.3, -0.25) is 19.3 Å². The summed E-state index contributed by atoms with van der Waals surface area (Å²) in [7, 11) is 0. The van der Waals surface area contributed by atoms with Gasteiger partial charge in [0.05, 0.1) is 16.9 Å². The van der Waals surface area contributed by atoms with Crippen LogP contribution in [0.2, 0.25) is 0 Å². The van der Waals surface area contributed by atoms with E-state index in [1.165, 1.54) is 6.07 Å². The number of nitrogens with one attached hydrogen (secondary N) is 2. The number of likely N-dealkylation sites (N-methyl/N-ethyl adjacent to an activating group) is 1. The standard InChI is InChI=1S/C34H34F3N5O3/c1-6-41-32-27(21(5)40-42(32)25-13-8-7-9-14-25)28(26-18-24(16-15-20(26)4)38-30(43)19(2)3)29(33(41)45)39-31(44)22-11-10-12-23(17-22)34(35,36)37/h7-14,16-18,20,28-29H,2,6,15H2,1,3-5H3,(H,38,43)(H,39,44)/t20?,28-,29-/m0/s1. The van der Waals surface area contributed by atoms with Crippen molar-refractivity contribution in [2.45, 2.75) is 52.3 Å². The van der Waals surface area contributed by atoms with Gasteiger partial charge in [0, 0.05) is 34.9 Å². The molecule has 1 aliphatic carbocycles. The van der Waals surface area contributed by atoms with E-state index in [1.54, 1.807) is 22.6 Å². The number of aromatic nitrogens is 2. The van der Waals surface area contributed by atoms with Gasteiger partial charge in [-0.05, 0) is 69.5 Å². The molecule has 0 spiro atoms.